The van der Waals surface area contributed by atoms with Crippen molar-refractivity contribution in [1.29, 1.82) is 0 Å². The molecule has 6 nitrogen and oxygen atoms in total. The van der Waals surface area contributed by atoms with Crippen molar-refractivity contribution in [3.05, 3.63) is 18.0 Å². The summed E-state index contributed by atoms with van der Waals surface area (Å²) in [6.45, 7) is 1.45. The van der Waals surface area contributed by atoms with Crippen molar-refractivity contribution in [3.63, 3.8) is 0 Å². The van der Waals surface area contributed by atoms with Crippen molar-refractivity contribution >= 4 is 11.8 Å². The molecule has 126 valence electrons. The summed E-state index contributed by atoms with van der Waals surface area (Å²) in [7, 11) is 0. The number of aromatic amines is 1. The minimum atomic E-state index is 0.0225. The van der Waals surface area contributed by atoms with Crippen LogP contribution < -0.4 is 5.32 Å². The van der Waals surface area contributed by atoms with Gasteiger partial charge < -0.3 is 10.2 Å². The SMILES string of the molecule is O=C(NCCC1CCCCN1C(=O)c1ccn[nH]1)C1CCCC1. The molecule has 1 saturated carbocycles. The number of nitrogens with zero attached hydrogens (tertiary/aromatic N) is 2. The molecule has 2 aliphatic rings. The van der Waals surface area contributed by atoms with Crippen LogP contribution in [0.5, 0.6) is 0 Å². The lowest BCUT2D eigenvalue weighted by molar-refractivity contribution is -0.124. The predicted octanol–water partition coefficient (Wildman–Crippen LogP) is 2.10. The topological polar surface area (TPSA) is 78.1 Å². The second-order valence-electron chi connectivity index (χ2n) is 6.68. The minimum Gasteiger partial charge on any atom is -0.356 e. The Kier molecular flexibility index (Phi) is 5.31. The normalized spacial score (nSPS) is 22.3. The van der Waals surface area contributed by atoms with Crippen LogP contribution in [0.25, 0.3) is 0 Å². The summed E-state index contributed by atoms with van der Waals surface area (Å²) in [6, 6.07) is 1.93. The Morgan fingerprint density at radius 3 is 2.74 bits per heavy atom. The van der Waals surface area contributed by atoms with Gasteiger partial charge in [0, 0.05) is 31.2 Å². The van der Waals surface area contributed by atoms with Crippen LogP contribution >= 0.6 is 0 Å². The fourth-order valence-corrected chi connectivity index (χ4v) is 3.79. The molecule has 1 aromatic heterocycles. The summed E-state index contributed by atoms with van der Waals surface area (Å²) in [4.78, 5) is 26.6. The van der Waals surface area contributed by atoms with E-state index in [1.165, 1.54) is 12.8 Å². The molecule has 0 aromatic carbocycles. The van der Waals surface area contributed by atoms with Gasteiger partial charge in [-0.25, -0.2) is 0 Å². The molecule has 2 N–H and O–H groups in total. The highest BCUT2D eigenvalue weighted by Gasteiger charge is 2.28. The lowest BCUT2D eigenvalue weighted by atomic mass is 9.98. The van der Waals surface area contributed by atoms with Gasteiger partial charge in [-0.15, -0.1) is 0 Å². The van der Waals surface area contributed by atoms with E-state index >= 15 is 0 Å². The number of piperidine rings is 1. The van der Waals surface area contributed by atoms with E-state index in [4.69, 9.17) is 0 Å². The molecule has 1 atom stereocenters. The highest BCUT2D eigenvalue weighted by molar-refractivity contribution is 5.92. The first-order valence-corrected chi connectivity index (χ1v) is 8.84. The van der Waals surface area contributed by atoms with Crippen molar-refractivity contribution in [2.75, 3.05) is 13.1 Å². The molecule has 2 amide bonds. The highest BCUT2D eigenvalue weighted by atomic mass is 16.2. The van der Waals surface area contributed by atoms with E-state index in [1.807, 2.05) is 4.90 Å². The van der Waals surface area contributed by atoms with Crippen molar-refractivity contribution in [1.82, 2.24) is 20.4 Å². The molecule has 1 unspecified atom stereocenters. The van der Waals surface area contributed by atoms with E-state index < -0.39 is 0 Å². The van der Waals surface area contributed by atoms with E-state index in [1.54, 1.807) is 12.3 Å². The van der Waals surface area contributed by atoms with Crippen LogP contribution in [-0.2, 0) is 4.79 Å². The molecule has 0 spiro atoms. The van der Waals surface area contributed by atoms with Gasteiger partial charge in [0.1, 0.15) is 5.69 Å². The van der Waals surface area contributed by atoms with Crippen molar-refractivity contribution in [2.24, 2.45) is 5.92 Å². The molecular formula is C17H26N4O2. The molecule has 1 aliphatic carbocycles. The maximum atomic E-state index is 12.5. The maximum Gasteiger partial charge on any atom is 0.272 e. The summed E-state index contributed by atoms with van der Waals surface area (Å²) < 4.78 is 0. The lowest BCUT2D eigenvalue weighted by Gasteiger charge is -2.35. The van der Waals surface area contributed by atoms with Gasteiger partial charge in [0.25, 0.3) is 5.91 Å². The van der Waals surface area contributed by atoms with Crippen LogP contribution in [0, 0.1) is 5.92 Å². The fraction of sp³-hybridized carbons (Fsp3) is 0.706. The van der Waals surface area contributed by atoms with E-state index in [2.05, 4.69) is 15.5 Å². The second-order valence-corrected chi connectivity index (χ2v) is 6.68. The van der Waals surface area contributed by atoms with Crippen LogP contribution in [0.1, 0.15) is 61.9 Å². The Labute approximate surface area is 137 Å². The Balaban J connectivity index is 1.50. The fourth-order valence-electron chi connectivity index (χ4n) is 3.79. The Morgan fingerprint density at radius 1 is 1.22 bits per heavy atom. The molecule has 1 aromatic rings. The summed E-state index contributed by atoms with van der Waals surface area (Å²) in [5.41, 5.74) is 0.548. The Hall–Kier alpha value is -1.85. The molecule has 0 bridgehead atoms. The number of nitrogens with one attached hydrogen (secondary N) is 2. The number of hydrogen-bond donors (Lipinski definition) is 2. The van der Waals surface area contributed by atoms with Crippen molar-refractivity contribution in [2.45, 2.75) is 57.4 Å². The van der Waals surface area contributed by atoms with Crippen molar-refractivity contribution in [3.8, 4) is 0 Å². The summed E-state index contributed by atoms with van der Waals surface area (Å²) in [5, 5.41) is 9.69. The summed E-state index contributed by atoms with van der Waals surface area (Å²) >= 11 is 0. The number of carbonyl (C=O) groups is 2. The number of hydrogen-bond acceptors (Lipinski definition) is 3. The average molecular weight is 318 g/mol. The number of amides is 2. The zero-order chi connectivity index (χ0) is 16.1. The van der Waals surface area contributed by atoms with Gasteiger partial charge in [-0.2, -0.15) is 5.10 Å². The van der Waals surface area contributed by atoms with Gasteiger partial charge in [-0.05, 0) is 44.6 Å². The third kappa shape index (κ3) is 3.92. The molecular weight excluding hydrogens is 292 g/mol. The second kappa shape index (κ2) is 7.62. The van der Waals surface area contributed by atoms with Crippen molar-refractivity contribution < 1.29 is 9.59 Å². The van der Waals surface area contributed by atoms with Gasteiger partial charge in [0.05, 0.1) is 0 Å². The molecule has 3 rings (SSSR count). The van der Waals surface area contributed by atoms with Gasteiger partial charge in [-0.1, -0.05) is 12.8 Å². The van der Waals surface area contributed by atoms with Gasteiger partial charge in [0.2, 0.25) is 5.91 Å². The quantitative estimate of drug-likeness (QED) is 0.872. The standard InChI is InChI=1S/C17H26N4O2/c22-16(13-5-1-2-6-13)18-10-8-14-7-3-4-12-21(14)17(23)15-9-11-19-20-15/h9,11,13-14H,1-8,10,12H2,(H,18,22)(H,19,20). The van der Waals surface area contributed by atoms with Crippen LogP contribution in [-0.4, -0.2) is 46.0 Å². The van der Waals surface area contributed by atoms with Gasteiger partial charge in [-0.3, -0.25) is 14.7 Å². The molecule has 0 radical (unpaired) electrons. The first kappa shape index (κ1) is 16.0. The number of likely N-dealkylation sites (tertiary alicyclic amines) is 1. The number of aromatic nitrogens is 2. The number of carbonyl (C=O) groups excluding carboxylic acids is 2. The summed E-state index contributed by atoms with van der Waals surface area (Å²) in [5.74, 6) is 0.433. The summed E-state index contributed by atoms with van der Waals surface area (Å²) in [6.07, 6.45) is 10.0. The van der Waals surface area contributed by atoms with Crippen LogP contribution in [0.2, 0.25) is 0 Å². The molecule has 1 saturated heterocycles. The van der Waals surface area contributed by atoms with E-state index in [-0.39, 0.29) is 23.8 Å². The highest BCUT2D eigenvalue weighted by Crippen LogP contribution is 2.25. The van der Waals surface area contributed by atoms with Crippen LogP contribution in [0.4, 0.5) is 0 Å². The zero-order valence-electron chi connectivity index (χ0n) is 13.6. The minimum absolute atomic E-state index is 0.0225. The molecule has 1 aliphatic heterocycles. The van der Waals surface area contributed by atoms with E-state index in [9.17, 15) is 9.59 Å². The smallest absolute Gasteiger partial charge is 0.272 e. The first-order valence-electron chi connectivity index (χ1n) is 8.84. The first-order chi connectivity index (χ1) is 11.3. The van der Waals surface area contributed by atoms with Gasteiger partial charge in [0.15, 0.2) is 0 Å². The zero-order valence-corrected chi connectivity index (χ0v) is 13.6. The number of rotatable bonds is 5. The third-order valence-electron chi connectivity index (χ3n) is 5.12. The lowest BCUT2D eigenvalue weighted by Crippen LogP contribution is -2.45. The molecule has 6 heteroatoms. The Morgan fingerprint density at radius 2 is 2.00 bits per heavy atom. The van der Waals surface area contributed by atoms with E-state index in [0.29, 0.717) is 12.2 Å². The van der Waals surface area contributed by atoms with Crippen LogP contribution in [0.15, 0.2) is 12.3 Å². The largest absolute Gasteiger partial charge is 0.356 e. The molecule has 2 fully saturated rings. The average Bonchev–Trinajstić information content (AvgIpc) is 3.28. The predicted molar refractivity (Wildman–Crippen MR) is 86.8 cm³/mol. The van der Waals surface area contributed by atoms with Crippen LogP contribution in [0.3, 0.4) is 0 Å². The van der Waals surface area contributed by atoms with E-state index in [0.717, 1.165) is 45.1 Å². The monoisotopic (exact) mass is 318 g/mol. The van der Waals surface area contributed by atoms with Gasteiger partial charge >= 0.3 is 0 Å². The third-order valence-corrected chi connectivity index (χ3v) is 5.12. The number of H-pyrrole nitrogens is 1. The Bertz CT molecular complexity index is 523. The molecule has 2 heterocycles. The maximum absolute atomic E-state index is 12.5. The molecule has 23 heavy (non-hydrogen) atoms.